The Kier molecular flexibility index (Phi) is 64.2. The van der Waals surface area contributed by atoms with Crippen LogP contribution in [-0.2, 0) is 28.6 Å². The highest BCUT2D eigenvalue weighted by Crippen LogP contribution is 2.17. The van der Waals surface area contributed by atoms with Crippen LogP contribution in [0.15, 0.2) is 85.1 Å². The fraction of sp³-hybridized carbons (Fsp3) is 0.767. The Hall–Kier alpha value is -3.41. The van der Waals surface area contributed by atoms with Gasteiger partial charge in [-0.25, -0.2) is 0 Å². The van der Waals surface area contributed by atoms with Gasteiger partial charge in [-0.05, 0) is 96.3 Å². The molecule has 0 N–H and O–H groups in total. The van der Waals surface area contributed by atoms with Gasteiger partial charge in [-0.2, -0.15) is 0 Å². The molecule has 1 unspecified atom stereocenters. The van der Waals surface area contributed by atoms with Crippen LogP contribution in [0.4, 0.5) is 0 Å². The predicted molar refractivity (Wildman–Crippen MR) is 344 cm³/mol. The molecule has 0 aromatic heterocycles. The average Bonchev–Trinajstić information content (AvgIpc) is 3.45. The molecular formula is C73H128O6. The van der Waals surface area contributed by atoms with Crippen molar-refractivity contribution in [1.82, 2.24) is 0 Å². The highest BCUT2D eigenvalue weighted by atomic mass is 16.6. The largest absolute Gasteiger partial charge is 0.462 e. The van der Waals surface area contributed by atoms with Crippen molar-refractivity contribution >= 4 is 17.9 Å². The van der Waals surface area contributed by atoms with Gasteiger partial charge in [0.25, 0.3) is 0 Å². The molecule has 0 saturated carbocycles. The van der Waals surface area contributed by atoms with Crippen LogP contribution >= 0.6 is 0 Å². The number of carbonyl (C=O) groups is 3. The van der Waals surface area contributed by atoms with Gasteiger partial charge in [-0.1, -0.05) is 311 Å². The van der Waals surface area contributed by atoms with E-state index in [0.717, 1.165) is 96.3 Å². The maximum atomic E-state index is 12.9. The number of hydrogen-bond donors (Lipinski definition) is 0. The van der Waals surface area contributed by atoms with Crippen molar-refractivity contribution < 1.29 is 28.6 Å². The van der Waals surface area contributed by atoms with Crippen molar-refractivity contribution in [2.75, 3.05) is 13.2 Å². The van der Waals surface area contributed by atoms with Gasteiger partial charge in [0, 0.05) is 19.3 Å². The van der Waals surface area contributed by atoms with E-state index in [1.807, 2.05) is 0 Å². The fourth-order valence-electron chi connectivity index (χ4n) is 9.80. The molecule has 0 amide bonds. The van der Waals surface area contributed by atoms with Gasteiger partial charge in [-0.15, -0.1) is 0 Å². The first-order chi connectivity index (χ1) is 39.0. The van der Waals surface area contributed by atoms with Crippen LogP contribution in [0.2, 0.25) is 0 Å². The summed E-state index contributed by atoms with van der Waals surface area (Å²) in [6.45, 7) is 6.52. The molecule has 0 aliphatic carbocycles. The van der Waals surface area contributed by atoms with Gasteiger partial charge in [0.2, 0.25) is 0 Å². The molecule has 0 aliphatic rings. The van der Waals surface area contributed by atoms with Gasteiger partial charge in [0.15, 0.2) is 6.10 Å². The lowest BCUT2D eigenvalue weighted by molar-refractivity contribution is -0.167. The molecule has 79 heavy (non-hydrogen) atoms. The fourth-order valence-corrected chi connectivity index (χ4v) is 9.80. The second-order valence-electron chi connectivity index (χ2n) is 22.7. The van der Waals surface area contributed by atoms with Crippen LogP contribution in [0.25, 0.3) is 0 Å². The van der Waals surface area contributed by atoms with E-state index in [4.69, 9.17) is 14.2 Å². The zero-order valence-electron chi connectivity index (χ0n) is 52.4. The van der Waals surface area contributed by atoms with E-state index in [2.05, 4.69) is 106 Å². The van der Waals surface area contributed by atoms with E-state index in [0.29, 0.717) is 19.3 Å². The normalized spacial score (nSPS) is 12.6. The van der Waals surface area contributed by atoms with Crippen LogP contribution < -0.4 is 0 Å². The summed E-state index contributed by atoms with van der Waals surface area (Å²) in [5.41, 5.74) is 0. The summed E-state index contributed by atoms with van der Waals surface area (Å²) >= 11 is 0. The first-order valence-corrected chi connectivity index (χ1v) is 34.1. The van der Waals surface area contributed by atoms with Crippen molar-refractivity contribution in [3.8, 4) is 0 Å². The zero-order chi connectivity index (χ0) is 57.1. The molecule has 0 bridgehead atoms. The highest BCUT2D eigenvalue weighted by Gasteiger charge is 2.19. The Morgan fingerprint density at radius 2 is 0.494 bits per heavy atom. The summed E-state index contributed by atoms with van der Waals surface area (Å²) in [6, 6.07) is 0. The molecule has 0 aromatic carbocycles. The van der Waals surface area contributed by atoms with Gasteiger partial charge in [0.1, 0.15) is 13.2 Å². The van der Waals surface area contributed by atoms with Crippen molar-refractivity contribution in [2.45, 2.75) is 348 Å². The van der Waals surface area contributed by atoms with Gasteiger partial charge in [-0.3, -0.25) is 14.4 Å². The topological polar surface area (TPSA) is 78.9 Å². The Morgan fingerprint density at radius 1 is 0.266 bits per heavy atom. The maximum Gasteiger partial charge on any atom is 0.306 e. The summed E-state index contributed by atoms with van der Waals surface area (Å²) in [7, 11) is 0. The van der Waals surface area contributed by atoms with Gasteiger partial charge < -0.3 is 14.2 Å². The molecule has 0 aromatic rings. The van der Waals surface area contributed by atoms with Crippen LogP contribution in [0.1, 0.15) is 342 Å². The molecule has 1 atom stereocenters. The third kappa shape index (κ3) is 65.3. The van der Waals surface area contributed by atoms with Gasteiger partial charge in [0.05, 0.1) is 0 Å². The van der Waals surface area contributed by atoms with E-state index in [-0.39, 0.29) is 31.1 Å². The number of allylic oxidation sites excluding steroid dienone is 14. The van der Waals surface area contributed by atoms with Crippen LogP contribution in [0.3, 0.4) is 0 Å². The van der Waals surface area contributed by atoms with E-state index in [1.54, 1.807) is 0 Å². The van der Waals surface area contributed by atoms with Crippen LogP contribution in [-0.4, -0.2) is 37.2 Å². The predicted octanol–water partition coefficient (Wildman–Crippen LogP) is 23.4. The van der Waals surface area contributed by atoms with E-state index in [1.165, 1.54) is 205 Å². The molecule has 6 nitrogen and oxygen atoms in total. The van der Waals surface area contributed by atoms with E-state index >= 15 is 0 Å². The number of esters is 3. The summed E-state index contributed by atoms with van der Waals surface area (Å²) in [6.07, 6.45) is 89.2. The summed E-state index contributed by atoms with van der Waals surface area (Å²) in [5.74, 6) is -0.871. The quantitative estimate of drug-likeness (QED) is 0.0261. The molecule has 0 saturated heterocycles. The number of ether oxygens (including phenoxy) is 3. The lowest BCUT2D eigenvalue weighted by atomic mass is 10.0. The molecule has 0 radical (unpaired) electrons. The van der Waals surface area contributed by atoms with Crippen molar-refractivity contribution in [2.24, 2.45) is 0 Å². The minimum atomic E-state index is -0.775. The van der Waals surface area contributed by atoms with Crippen LogP contribution in [0.5, 0.6) is 0 Å². The van der Waals surface area contributed by atoms with Gasteiger partial charge >= 0.3 is 17.9 Å². The number of carbonyl (C=O) groups excluding carboxylic acids is 3. The SMILES string of the molecule is CC/C=C\C/C=C\C/C=C\C/C=C\C/C=C\C/C=C\CCCCCCCCCCCCC(=O)OCC(COC(=O)CCCCCCCCC)OC(=O)CCCCCCCCCCCCCCC/C=C\CCCCCCCCCC. The van der Waals surface area contributed by atoms with E-state index < -0.39 is 6.10 Å². The third-order valence-corrected chi connectivity index (χ3v) is 14.9. The zero-order valence-corrected chi connectivity index (χ0v) is 52.4. The Bertz CT molecular complexity index is 1500. The van der Waals surface area contributed by atoms with E-state index in [9.17, 15) is 14.4 Å². The smallest absolute Gasteiger partial charge is 0.306 e. The Labute approximate surface area is 490 Å². The van der Waals surface area contributed by atoms with Crippen LogP contribution in [0, 0.1) is 0 Å². The Morgan fingerprint density at radius 3 is 0.785 bits per heavy atom. The molecule has 6 heteroatoms. The second-order valence-corrected chi connectivity index (χ2v) is 22.7. The summed E-state index contributed by atoms with van der Waals surface area (Å²) in [5, 5.41) is 0. The number of unbranched alkanes of at least 4 members (excludes halogenated alkanes) is 37. The standard InChI is InChI=1S/C73H128O6/c1-4-7-10-13-16-18-20-22-24-26-28-30-32-34-35-36-37-39-40-42-44-46-48-50-52-54-57-60-63-66-72(75)78-69-70(68-77-71(74)65-62-59-56-15-12-9-6-3)79-73(76)67-64-61-58-55-53-51-49-47-45-43-41-38-33-31-29-27-25-23-21-19-17-14-11-8-5-2/h7,10,16,18,22,24,27-30,34-35,37,39,70H,4-6,8-9,11-15,17,19-21,23,25-26,31-33,36,38,40-69H2,1-3H3/b10-7-,18-16-,24-22-,29-27-,30-28-,35-34-,39-37-. The molecule has 0 fully saturated rings. The average molecular weight is 1100 g/mol. The number of hydrogen-bond acceptors (Lipinski definition) is 6. The molecule has 0 aliphatic heterocycles. The summed E-state index contributed by atoms with van der Waals surface area (Å²) < 4.78 is 16.9. The monoisotopic (exact) mass is 1100 g/mol. The first-order valence-electron chi connectivity index (χ1n) is 34.1. The lowest BCUT2D eigenvalue weighted by Crippen LogP contribution is -2.30. The summed E-state index contributed by atoms with van der Waals surface area (Å²) in [4.78, 5) is 38.2. The first kappa shape index (κ1) is 75.6. The maximum absolute atomic E-state index is 12.9. The van der Waals surface area contributed by atoms with Crippen molar-refractivity contribution in [1.29, 1.82) is 0 Å². The molecule has 0 spiro atoms. The lowest BCUT2D eigenvalue weighted by Gasteiger charge is -2.18. The molecule has 0 heterocycles. The minimum Gasteiger partial charge on any atom is -0.462 e. The number of rotatable bonds is 62. The molecular weight excluding hydrogens is 973 g/mol. The minimum absolute atomic E-state index is 0.0745. The second kappa shape index (κ2) is 67.1. The molecule has 456 valence electrons. The van der Waals surface area contributed by atoms with Crippen molar-refractivity contribution in [3.63, 3.8) is 0 Å². The van der Waals surface area contributed by atoms with Crippen molar-refractivity contribution in [3.05, 3.63) is 85.1 Å². The third-order valence-electron chi connectivity index (χ3n) is 14.9. The Balaban J connectivity index is 4.10. The molecule has 0 rings (SSSR count). The highest BCUT2D eigenvalue weighted by molar-refractivity contribution is 5.71.